The molecule has 1 aliphatic heterocycles. The van der Waals surface area contributed by atoms with E-state index in [0.717, 1.165) is 33.9 Å². The first-order valence-electron chi connectivity index (χ1n) is 16.0. The van der Waals surface area contributed by atoms with Gasteiger partial charge in [0, 0.05) is 16.9 Å². The number of aryl methyl sites for hydroxylation is 1. The van der Waals surface area contributed by atoms with Crippen LogP contribution in [0.5, 0.6) is 23.0 Å². The van der Waals surface area contributed by atoms with E-state index in [9.17, 15) is 0 Å². The lowest BCUT2D eigenvalue weighted by atomic mass is 9.68. The van der Waals surface area contributed by atoms with Crippen molar-refractivity contribution in [2.24, 2.45) is 0 Å². The second-order valence-electron chi connectivity index (χ2n) is 12.2. The zero-order valence-corrected chi connectivity index (χ0v) is 25.9. The van der Waals surface area contributed by atoms with Crippen LogP contribution in [0.4, 0.5) is 17.1 Å². The second kappa shape index (κ2) is 10.8. The zero-order chi connectivity index (χ0) is 31.4. The first-order valence-corrected chi connectivity index (χ1v) is 16.0. The molecule has 0 saturated carbocycles. The van der Waals surface area contributed by atoms with Crippen LogP contribution in [0, 0.1) is 6.92 Å². The Bertz CT molecular complexity index is 2220. The van der Waals surface area contributed by atoms with Crippen LogP contribution in [0.1, 0.15) is 27.8 Å². The molecule has 3 heteroatoms. The van der Waals surface area contributed by atoms with Crippen molar-refractivity contribution in [3.05, 3.63) is 198 Å². The molecular formula is C44H31NO2. The van der Waals surface area contributed by atoms with Crippen molar-refractivity contribution in [3.63, 3.8) is 0 Å². The van der Waals surface area contributed by atoms with Gasteiger partial charge in [0.05, 0.1) is 11.1 Å². The van der Waals surface area contributed by atoms with Gasteiger partial charge >= 0.3 is 0 Å². The van der Waals surface area contributed by atoms with Gasteiger partial charge in [0.25, 0.3) is 0 Å². The lowest BCUT2D eigenvalue weighted by Crippen LogP contribution is -2.28. The van der Waals surface area contributed by atoms with Crippen molar-refractivity contribution in [1.82, 2.24) is 0 Å². The Kier molecular flexibility index (Phi) is 6.26. The third kappa shape index (κ3) is 4.13. The lowest BCUT2D eigenvalue weighted by Gasteiger charge is -2.34. The number of benzene rings is 7. The first-order chi connectivity index (χ1) is 23.2. The summed E-state index contributed by atoms with van der Waals surface area (Å²) >= 11 is 0. The minimum Gasteiger partial charge on any atom is -0.449 e. The number of nitrogens with zero attached hydrogens (tertiary/aromatic N) is 1. The number of fused-ring (bicyclic) bond motifs is 6. The van der Waals surface area contributed by atoms with Crippen LogP contribution in [-0.4, -0.2) is 0 Å². The Morgan fingerprint density at radius 2 is 1.09 bits per heavy atom. The molecule has 0 atom stereocenters. The summed E-state index contributed by atoms with van der Waals surface area (Å²) in [6.07, 6.45) is 0. The smallest absolute Gasteiger partial charge is 0.194 e. The van der Waals surface area contributed by atoms with E-state index < -0.39 is 5.41 Å². The first kappa shape index (κ1) is 27.3. The van der Waals surface area contributed by atoms with Crippen LogP contribution >= 0.6 is 0 Å². The lowest BCUT2D eigenvalue weighted by molar-refractivity contribution is 0.361. The van der Waals surface area contributed by atoms with Crippen molar-refractivity contribution in [3.8, 4) is 34.1 Å². The summed E-state index contributed by atoms with van der Waals surface area (Å²) in [5, 5.41) is 0. The van der Waals surface area contributed by atoms with Crippen molar-refractivity contribution >= 4 is 17.1 Å². The van der Waals surface area contributed by atoms with Gasteiger partial charge in [0.15, 0.2) is 23.0 Å². The summed E-state index contributed by atoms with van der Waals surface area (Å²) in [4.78, 5) is 2.25. The minimum absolute atomic E-state index is 0.524. The topological polar surface area (TPSA) is 21.7 Å². The van der Waals surface area contributed by atoms with Crippen molar-refractivity contribution in [2.45, 2.75) is 12.3 Å². The van der Waals surface area contributed by atoms with Gasteiger partial charge in [0.1, 0.15) is 0 Å². The molecule has 0 saturated heterocycles. The van der Waals surface area contributed by atoms with Crippen LogP contribution in [0.2, 0.25) is 0 Å². The number of hydrogen-bond acceptors (Lipinski definition) is 3. The van der Waals surface area contributed by atoms with Gasteiger partial charge in [-0.1, -0.05) is 127 Å². The maximum Gasteiger partial charge on any atom is 0.194 e. The highest BCUT2D eigenvalue weighted by Crippen LogP contribution is 2.63. The van der Waals surface area contributed by atoms with Gasteiger partial charge < -0.3 is 14.4 Å². The Labute approximate surface area is 274 Å². The molecule has 0 spiro atoms. The Morgan fingerprint density at radius 1 is 0.468 bits per heavy atom. The molecule has 0 amide bonds. The summed E-state index contributed by atoms with van der Waals surface area (Å²) in [6.45, 7) is 2.12. The molecule has 3 nitrogen and oxygen atoms in total. The molecule has 1 heterocycles. The molecule has 0 radical (unpaired) electrons. The monoisotopic (exact) mass is 605 g/mol. The zero-order valence-electron chi connectivity index (χ0n) is 25.9. The molecule has 2 aliphatic rings. The van der Waals surface area contributed by atoms with Crippen LogP contribution in [0.25, 0.3) is 11.1 Å². The average molecular weight is 606 g/mol. The van der Waals surface area contributed by atoms with Crippen LogP contribution < -0.4 is 14.4 Å². The van der Waals surface area contributed by atoms with Crippen molar-refractivity contribution < 1.29 is 9.47 Å². The Balaban J connectivity index is 1.29. The van der Waals surface area contributed by atoms with Crippen LogP contribution in [0.15, 0.2) is 170 Å². The predicted octanol–water partition coefficient (Wildman–Crippen LogP) is 11.7. The SMILES string of the molecule is Cc1cccc(N(c2ccccc2)c2cccc3c2Oc2c(ccc4c2-c2ccccc2C4(c2ccccc2)c2ccccc2)O3)c1. The molecule has 7 aromatic rings. The second-order valence-corrected chi connectivity index (χ2v) is 12.2. The standard InChI is InChI=1S/C44H31NO2/c1-30-15-13-22-34(29-30)45(33-20-9-4-10-21-33)38-25-14-26-39-42(38)47-43-40(46-39)28-27-37-41(43)35-23-11-12-24-36(35)44(37,31-16-5-2-6-17-31)32-18-7-3-8-19-32/h2-29H,1H3. The van der Waals surface area contributed by atoms with Gasteiger partial charge in [-0.05, 0) is 82.8 Å². The molecule has 224 valence electrons. The maximum atomic E-state index is 7.16. The van der Waals surface area contributed by atoms with Gasteiger partial charge in [-0.15, -0.1) is 0 Å². The van der Waals surface area contributed by atoms with E-state index in [0.29, 0.717) is 17.2 Å². The summed E-state index contributed by atoms with van der Waals surface area (Å²) in [5.74, 6) is 2.82. The number of anilines is 3. The van der Waals surface area contributed by atoms with E-state index in [2.05, 4.69) is 163 Å². The molecule has 9 rings (SSSR count). The highest BCUT2D eigenvalue weighted by atomic mass is 16.6. The normalized spacial score (nSPS) is 13.3. The fraction of sp³-hybridized carbons (Fsp3) is 0.0455. The number of rotatable bonds is 5. The Hall–Kier alpha value is -6.06. The van der Waals surface area contributed by atoms with E-state index >= 15 is 0 Å². The molecule has 0 fully saturated rings. The number of ether oxygens (including phenoxy) is 2. The van der Waals surface area contributed by atoms with E-state index in [4.69, 9.17) is 9.47 Å². The molecule has 0 aromatic heterocycles. The fourth-order valence-corrected chi connectivity index (χ4v) is 7.52. The quantitative estimate of drug-likeness (QED) is 0.195. The summed E-state index contributed by atoms with van der Waals surface area (Å²) < 4.78 is 13.9. The molecule has 7 aromatic carbocycles. The number of hydrogen-bond donors (Lipinski definition) is 0. The third-order valence-corrected chi connectivity index (χ3v) is 9.44. The van der Waals surface area contributed by atoms with E-state index in [1.54, 1.807) is 0 Å². The van der Waals surface area contributed by atoms with Crippen LogP contribution in [0.3, 0.4) is 0 Å². The summed E-state index contributed by atoms with van der Waals surface area (Å²) in [5.41, 5.74) is 10.7. The molecule has 0 N–H and O–H groups in total. The fourth-order valence-electron chi connectivity index (χ4n) is 7.52. The molecule has 1 aliphatic carbocycles. The average Bonchev–Trinajstić information content (AvgIpc) is 3.44. The van der Waals surface area contributed by atoms with E-state index in [1.807, 2.05) is 18.2 Å². The minimum atomic E-state index is -0.524. The predicted molar refractivity (Wildman–Crippen MR) is 190 cm³/mol. The van der Waals surface area contributed by atoms with Gasteiger partial charge in [-0.3, -0.25) is 0 Å². The van der Waals surface area contributed by atoms with Crippen molar-refractivity contribution in [2.75, 3.05) is 4.90 Å². The highest BCUT2D eigenvalue weighted by Gasteiger charge is 2.48. The van der Waals surface area contributed by atoms with Crippen molar-refractivity contribution in [1.29, 1.82) is 0 Å². The van der Waals surface area contributed by atoms with Gasteiger partial charge in [-0.25, -0.2) is 0 Å². The van der Waals surface area contributed by atoms with E-state index in [1.165, 1.54) is 27.8 Å². The maximum absolute atomic E-state index is 7.16. The number of para-hydroxylation sites is 2. The Morgan fingerprint density at radius 3 is 1.81 bits per heavy atom. The highest BCUT2D eigenvalue weighted by molar-refractivity contribution is 5.93. The molecule has 47 heavy (non-hydrogen) atoms. The van der Waals surface area contributed by atoms with E-state index in [-0.39, 0.29) is 0 Å². The summed E-state index contributed by atoms with van der Waals surface area (Å²) in [6, 6.07) is 59.8. The molecule has 0 bridgehead atoms. The molecular weight excluding hydrogens is 574 g/mol. The molecule has 0 unspecified atom stereocenters. The van der Waals surface area contributed by atoms with Gasteiger partial charge in [0.2, 0.25) is 0 Å². The largest absolute Gasteiger partial charge is 0.449 e. The van der Waals surface area contributed by atoms with Crippen LogP contribution in [-0.2, 0) is 5.41 Å². The third-order valence-electron chi connectivity index (χ3n) is 9.44. The summed E-state index contributed by atoms with van der Waals surface area (Å²) in [7, 11) is 0. The van der Waals surface area contributed by atoms with Gasteiger partial charge in [-0.2, -0.15) is 0 Å².